The molecule has 1 aliphatic heterocycles. The first-order chi connectivity index (χ1) is 11.8. The van der Waals surface area contributed by atoms with Crippen LogP contribution in [0.15, 0.2) is 23.5 Å². The highest BCUT2D eigenvalue weighted by Gasteiger charge is 2.18. The van der Waals surface area contributed by atoms with E-state index in [4.69, 9.17) is 5.73 Å². The van der Waals surface area contributed by atoms with E-state index in [-0.39, 0.29) is 0 Å². The number of nitrogens with zero attached hydrogens (tertiary/aromatic N) is 5. The summed E-state index contributed by atoms with van der Waals surface area (Å²) in [5, 5.41) is 3.21. The number of hydrogen-bond acceptors (Lipinski definition) is 5. The van der Waals surface area contributed by atoms with E-state index < -0.39 is 0 Å². The number of hydrogen-bond donors (Lipinski definition) is 2. The molecule has 24 heavy (non-hydrogen) atoms. The van der Waals surface area contributed by atoms with E-state index >= 15 is 0 Å². The van der Waals surface area contributed by atoms with Crippen molar-refractivity contribution in [2.24, 2.45) is 10.7 Å². The van der Waals surface area contributed by atoms with Crippen molar-refractivity contribution in [1.82, 2.24) is 20.2 Å². The Bertz CT molecular complexity index is 469. The Kier molecular flexibility index (Phi) is 8.31. The summed E-state index contributed by atoms with van der Waals surface area (Å²) in [5.41, 5.74) is 5.90. The van der Waals surface area contributed by atoms with Gasteiger partial charge in [-0.05, 0) is 12.5 Å². The molecule has 1 fully saturated rings. The fourth-order valence-electron chi connectivity index (χ4n) is 2.76. The summed E-state index contributed by atoms with van der Waals surface area (Å²) in [6.07, 6.45) is 8.48. The maximum Gasteiger partial charge on any atom is 0.225 e. The van der Waals surface area contributed by atoms with Crippen LogP contribution in [0.5, 0.6) is 0 Å². The molecule has 0 bridgehead atoms. The molecule has 1 aromatic rings. The molecule has 1 saturated heterocycles. The fraction of sp³-hybridized carbons (Fsp3) is 0.706. The molecule has 1 aromatic heterocycles. The van der Waals surface area contributed by atoms with Crippen LogP contribution in [0.3, 0.4) is 0 Å². The zero-order valence-corrected chi connectivity index (χ0v) is 14.8. The van der Waals surface area contributed by atoms with Crippen LogP contribution in [-0.2, 0) is 0 Å². The Labute approximate surface area is 145 Å². The lowest BCUT2D eigenvalue weighted by Crippen LogP contribution is -2.49. The first kappa shape index (κ1) is 18.4. The van der Waals surface area contributed by atoms with E-state index in [1.807, 2.05) is 6.07 Å². The van der Waals surface area contributed by atoms with Gasteiger partial charge in [-0.25, -0.2) is 9.97 Å². The molecule has 0 radical (unpaired) electrons. The molecule has 0 aliphatic carbocycles. The molecule has 0 aromatic carbocycles. The molecular formula is C17H31N7. The molecule has 0 unspecified atom stereocenters. The third-order valence-corrected chi connectivity index (χ3v) is 4.24. The summed E-state index contributed by atoms with van der Waals surface area (Å²) >= 11 is 0. The number of piperazine rings is 1. The van der Waals surface area contributed by atoms with Gasteiger partial charge in [-0.2, -0.15) is 0 Å². The lowest BCUT2D eigenvalue weighted by atomic mass is 10.2. The Hall–Kier alpha value is -1.89. The quantitative estimate of drug-likeness (QED) is 0.400. The van der Waals surface area contributed by atoms with Crippen LogP contribution in [0.2, 0.25) is 0 Å². The largest absolute Gasteiger partial charge is 0.370 e. The van der Waals surface area contributed by atoms with Crippen molar-refractivity contribution in [2.45, 2.75) is 32.6 Å². The minimum Gasteiger partial charge on any atom is -0.370 e. The normalized spacial score (nSPS) is 16.4. The van der Waals surface area contributed by atoms with Crippen molar-refractivity contribution in [2.75, 3.05) is 50.7 Å². The third kappa shape index (κ3) is 6.70. The van der Waals surface area contributed by atoms with Gasteiger partial charge in [-0.1, -0.05) is 26.2 Å². The van der Waals surface area contributed by atoms with E-state index in [9.17, 15) is 0 Å². The van der Waals surface area contributed by atoms with Crippen LogP contribution in [0.1, 0.15) is 32.6 Å². The molecule has 134 valence electrons. The van der Waals surface area contributed by atoms with Gasteiger partial charge in [0.05, 0.1) is 0 Å². The lowest BCUT2D eigenvalue weighted by Gasteiger charge is -2.34. The zero-order chi connectivity index (χ0) is 17.0. The SMILES string of the molecule is CCCCCCN=C(N)NCCN1CCN(c2ncccn2)CC1. The summed E-state index contributed by atoms with van der Waals surface area (Å²) in [5.74, 6) is 1.40. The topological polar surface area (TPSA) is 82.7 Å². The maximum atomic E-state index is 5.90. The van der Waals surface area contributed by atoms with Gasteiger partial charge in [0.2, 0.25) is 5.95 Å². The van der Waals surface area contributed by atoms with Gasteiger partial charge in [-0.15, -0.1) is 0 Å². The highest BCUT2D eigenvalue weighted by molar-refractivity contribution is 5.77. The fourth-order valence-corrected chi connectivity index (χ4v) is 2.76. The number of aromatic nitrogens is 2. The van der Waals surface area contributed by atoms with Crippen molar-refractivity contribution >= 4 is 11.9 Å². The average molecular weight is 333 g/mol. The molecule has 0 spiro atoms. The van der Waals surface area contributed by atoms with Gasteiger partial charge < -0.3 is 16.0 Å². The van der Waals surface area contributed by atoms with E-state index in [0.717, 1.165) is 58.2 Å². The summed E-state index contributed by atoms with van der Waals surface area (Å²) in [6, 6.07) is 1.85. The lowest BCUT2D eigenvalue weighted by molar-refractivity contribution is 0.260. The van der Waals surface area contributed by atoms with Crippen LogP contribution in [0.25, 0.3) is 0 Å². The van der Waals surface area contributed by atoms with Crippen molar-refractivity contribution in [3.8, 4) is 0 Å². The Balaban J connectivity index is 1.57. The van der Waals surface area contributed by atoms with Crippen LogP contribution >= 0.6 is 0 Å². The minimum absolute atomic E-state index is 0.572. The highest BCUT2D eigenvalue weighted by Crippen LogP contribution is 2.08. The number of unbranched alkanes of at least 4 members (excludes halogenated alkanes) is 3. The number of anilines is 1. The summed E-state index contributed by atoms with van der Waals surface area (Å²) in [6.45, 7) is 8.83. The van der Waals surface area contributed by atoms with Crippen LogP contribution in [0, 0.1) is 0 Å². The zero-order valence-electron chi connectivity index (χ0n) is 14.8. The number of nitrogens with two attached hydrogens (primary N) is 1. The predicted octanol–water partition coefficient (Wildman–Crippen LogP) is 1.08. The average Bonchev–Trinajstić information content (AvgIpc) is 2.63. The molecule has 0 atom stereocenters. The predicted molar refractivity (Wildman–Crippen MR) is 99.3 cm³/mol. The Morgan fingerprint density at radius 1 is 1.17 bits per heavy atom. The second-order valence-electron chi connectivity index (χ2n) is 6.13. The van der Waals surface area contributed by atoms with Crippen LogP contribution < -0.4 is 16.0 Å². The molecule has 0 saturated carbocycles. The first-order valence-corrected chi connectivity index (χ1v) is 9.07. The Morgan fingerprint density at radius 3 is 2.62 bits per heavy atom. The molecule has 7 nitrogen and oxygen atoms in total. The van der Waals surface area contributed by atoms with Crippen molar-refractivity contribution < 1.29 is 0 Å². The van der Waals surface area contributed by atoms with E-state index in [2.05, 4.69) is 37.0 Å². The molecule has 2 rings (SSSR count). The summed E-state index contributed by atoms with van der Waals surface area (Å²) in [4.78, 5) is 17.7. The van der Waals surface area contributed by atoms with Gasteiger partial charge in [0.25, 0.3) is 0 Å². The monoisotopic (exact) mass is 333 g/mol. The number of nitrogens with one attached hydrogen (secondary N) is 1. The van der Waals surface area contributed by atoms with Gasteiger partial charge in [0, 0.05) is 58.2 Å². The number of aliphatic imine (C=N–C) groups is 1. The molecule has 1 aliphatic rings. The smallest absolute Gasteiger partial charge is 0.225 e. The molecule has 3 N–H and O–H groups in total. The van der Waals surface area contributed by atoms with E-state index in [1.165, 1.54) is 19.3 Å². The molecule has 2 heterocycles. The van der Waals surface area contributed by atoms with Crippen molar-refractivity contribution in [3.63, 3.8) is 0 Å². The molecule has 7 heteroatoms. The molecule has 0 amide bonds. The van der Waals surface area contributed by atoms with Crippen LogP contribution in [0.4, 0.5) is 5.95 Å². The second-order valence-corrected chi connectivity index (χ2v) is 6.13. The minimum atomic E-state index is 0.572. The van der Waals surface area contributed by atoms with Crippen molar-refractivity contribution in [3.05, 3.63) is 18.5 Å². The van der Waals surface area contributed by atoms with Gasteiger partial charge >= 0.3 is 0 Å². The van der Waals surface area contributed by atoms with Crippen molar-refractivity contribution in [1.29, 1.82) is 0 Å². The van der Waals surface area contributed by atoms with E-state index in [1.54, 1.807) is 12.4 Å². The maximum absolute atomic E-state index is 5.90. The standard InChI is InChI=1S/C17H31N7/c1-2-3-4-5-7-19-16(18)20-10-11-23-12-14-24(15-13-23)17-21-8-6-9-22-17/h6,8-9H,2-5,7,10-15H2,1H3,(H3,18,19,20). The summed E-state index contributed by atoms with van der Waals surface area (Å²) < 4.78 is 0. The number of guanidine groups is 1. The molecular weight excluding hydrogens is 302 g/mol. The number of rotatable bonds is 9. The highest BCUT2D eigenvalue weighted by atomic mass is 15.3. The Morgan fingerprint density at radius 2 is 1.92 bits per heavy atom. The van der Waals surface area contributed by atoms with Crippen LogP contribution in [-0.4, -0.2) is 66.6 Å². The van der Waals surface area contributed by atoms with Gasteiger partial charge in [-0.3, -0.25) is 9.89 Å². The van der Waals surface area contributed by atoms with E-state index in [0.29, 0.717) is 5.96 Å². The van der Waals surface area contributed by atoms with Gasteiger partial charge in [0.15, 0.2) is 5.96 Å². The second kappa shape index (κ2) is 10.8. The third-order valence-electron chi connectivity index (χ3n) is 4.24. The first-order valence-electron chi connectivity index (χ1n) is 9.07. The van der Waals surface area contributed by atoms with Gasteiger partial charge in [0.1, 0.15) is 0 Å². The summed E-state index contributed by atoms with van der Waals surface area (Å²) in [7, 11) is 0.